The summed E-state index contributed by atoms with van der Waals surface area (Å²) in [5.74, 6) is 0.217. The van der Waals surface area contributed by atoms with Crippen molar-refractivity contribution < 1.29 is 14.4 Å². The number of methoxy groups -OCH3 is 1. The fourth-order valence-corrected chi connectivity index (χ4v) is 2.27. The monoisotopic (exact) mass is 352 g/mol. The Hall–Kier alpha value is -2.57. The minimum atomic E-state index is -0.729. The zero-order valence-electron chi connectivity index (χ0n) is 11.9. The van der Waals surface area contributed by atoms with Gasteiger partial charge in [0, 0.05) is 6.07 Å². The maximum atomic E-state index is 11.2. The highest BCUT2D eigenvalue weighted by molar-refractivity contribution is 7.98. The van der Waals surface area contributed by atoms with Crippen LogP contribution in [0.3, 0.4) is 0 Å². The van der Waals surface area contributed by atoms with Gasteiger partial charge in [0.2, 0.25) is 5.15 Å². The van der Waals surface area contributed by atoms with E-state index in [1.54, 1.807) is 6.26 Å². The molecule has 2 rings (SSSR count). The maximum Gasteiger partial charge on any atom is 0.368 e. The zero-order chi connectivity index (χ0) is 17.0. The molecule has 2 aromatic rings. The van der Waals surface area contributed by atoms with Crippen molar-refractivity contribution in [3.05, 3.63) is 39.0 Å². The van der Waals surface area contributed by atoms with Gasteiger partial charge in [-0.1, -0.05) is 23.4 Å². The van der Waals surface area contributed by atoms with Gasteiger partial charge in [0.15, 0.2) is 5.16 Å². The molecule has 1 heterocycles. The van der Waals surface area contributed by atoms with Crippen molar-refractivity contribution in [3.63, 3.8) is 0 Å². The average Bonchev–Trinajstić information content (AvgIpc) is 2.53. The van der Waals surface area contributed by atoms with Gasteiger partial charge in [0.25, 0.3) is 0 Å². The van der Waals surface area contributed by atoms with Crippen LogP contribution in [0.25, 0.3) is 0 Å². The lowest BCUT2D eigenvalue weighted by Gasteiger charge is -2.09. The summed E-state index contributed by atoms with van der Waals surface area (Å²) >= 11 is 6.99. The highest BCUT2D eigenvalue weighted by Gasteiger charge is 2.26. The van der Waals surface area contributed by atoms with Crippen LogP contribution in [0.1, 0.15) is 5.56 Å². The molecule has 0 fully saturated rings. The molecule has 23 heavy (non-hydrogen) atoms. The molecule has 1 aromatic heterocycles. The van der Waals surface area contributed by atoms with E-state index in [0.29, 0.717) is 5.75 Å². The molecule has 0 spiro atoms. The van der Waals surface area contributed by atoms with Crippen LogP contribution >= 0.6 is 23.4 Å². The van der Waals surface area contributed by atoms with Crippen LogP contribution in [0.4, 0.5) is 5.69 Å². The van der Waals surface area contributed by atoms with E-state index in [-0.39, 0.29) is 27.5 Å². The van der Waals surface area contributed by atoms with Crippen LogP contribution in [0, 0.1) is 21.4 Å². The molecule has 0 bridgehead atoms. The number of rotatable bonds is 5. The summed E-state index contributed by atoms with van der Waals surface area (Å²) in [4.78, 5) is 18.2. The molecule has 0 saturated carbocycles. The number of benzene rings is 1. The van der Waals surface area contributed by atoms with Gasteiger partial charge in [-0.2, -0.15) is 10.2 Å². The smallest absolute Gasteiger partial charge is 0.368 e. The predicted octanol–water partition coefficient (Wildman–Crippen LogP) is 3.43. The van der Waals surface area contributed by atoms with E-state index in [1.807, 2.05) is 6.07 Å². The number of hydrogen-bond acceptors (Lipinski definition) is 8. The Kier molecular flexibility index (Phi) is 5.20. The highest BCUT2D eigenvalue weighted by Crippen LogP contribution is 2.36. The molecule has 10 heteroatoms. The van der Waals surface area contributed by atoms with Crippen LogP contribution in [-0.2, 0) is 0 Å². The minimum absolute atomic E-state index is 0.158. The minimum Gasteiger partial charge on any atom is -0.497 e. The molecule has 0 aliphatic rings. The van der Waals surface area contributed by atoms with Crippen molar-refractivity contribution in [1.29, 1.82) is 5.26 Å². The average molecular weight is 353 g/mol. The number of nitro groups is 1. The second-order valence-corrected chi connectivity index (χ2v) is 5.15. The topological polar surface area (TPSA) is 111 Å². The standard InChI is InChI=1S/C13H9ClN4O4S/c1-21-8-3-7(6-15)4-9(5-8)22-12-10(18(19)20)11(14)16-13(17-12)23-2/h3-5H,1-2H3. The molecule has 0 aliphatic heterocycles. The first-order chi connectivity index (χ1) is 11.0. The number of thioether (sulfide) groups is 1. The lowest BCUT2D eigenvalue weighted by atomic mass is 10.2. The van der Waals surface area contributed by atoms with Crippen molar-refractivity contribution in [3.8, 4) is 23.4 Å². The van der Waals surface area contributed by atoms with Gasteiger partial charge in [-0.05, 0) is 18.4 Å². The Labute approximate surface area is 140 Å². The van der Waals surface area contributed by atoms with Gasteiger partial charge in [-0.25, -0.2) is 4.98 Å². The van der Waals surface area contributed by atoms with Gasteiger partial charge in [0.05, 0.1) is 23.7 Å². The van der Waals surface area contributed by atoms with Crippen molar-refractivity contribution in [2.24, 2.45) is 0 Å². The predicted molar refractivity (Wildman–Crippen MR) is 83.3 cm³/mol. The molecule has 0 saturated heterocycles. The quantitative estimate of drug-likeness (QED) is 0.264. The van der Waals surface area contributed by atoms with Crippen molar-refractivity contribution in [2.75, 3.05) is 13.4 Å². The van der Waals surface area contributed by atoms with E-state index in [2.05, 4.69) is 9.97 Å². The van der Waals surface area contributed by atoms with Gasteiger partial charge >= 0.3 is 11.6 Å². The summed E-state index contributed by atoms with van der Waals surface area (Å²) in [6.45, 7) is 0. The van der Waals surface area contributed by atoms with Crippen molar-refractivity contribution in [2.45, 2.75) is 5.16 Å². The van der Waals surface area contributed by atoms with E-state index in [4.69, 9.17) is 26.3 Å². The zero-order valence-corrected chi connectivity index (χ0v) is 13.5. The Balaban J connectivity index is 2.53. The second kappa shape index (κ2) is 7.13. The lowest BCUT2D eigenvalue weighted by Crippen LogP contribution is -2.01. The Morgan fingerprint density at radius 2 is 2.04 bits per heavy atom. The van der Waals surface area contributed by atoms with Crippen LogP contribution in [0.5, 0.6) is 17.4 Å². The summed E-state index contributed by atoms with van der Waals surface area (Å²) in [6, 6.07) is 6.32. The first-order valence-electron chi connectivity index (χ1n) is 6.01. The first-order valence-corrected chi connectivity index (χ1v) is 7.61. The van der Waals surface area contributed by atoms with Crippen LogP contribution in [0.15, 0.2) is 23.4 Å². The van der Waals surface area contributed by atoms with Crippen LogP contribution in [0.2, 0.25) is 5.15 Å². The second-order valence-electron chi connectivity index (χ2n) is 4.02. The summed E-state index contributed by atoms with van der Waals surface area (Å²) in [6.07, 6.45) is 1.70. The maximum absolute atomic E-state index is 11.2. The molecule has 118 valence electrons. The molecule has 0 radical (unpaired) electrons. The van der Waals surface area contributed by atoms with Gasteiger partial charge in [-0.15, -0.1) is 0 Å². The molecule has 0 unspecified atom stereocenters. The molecule has 1 aromatic carbocycles. The van der Waals surface area contributed by atoms with Crippen LogP contribution in [-0.4, -0.2) is 28.3 Å². The van der Waals surface area contributed by atoms with E-state index in [0.717, 1.165) is 11.8 Å². The third kappa shape index (κ3) is 3.80. The molecule has 8 nitrogen and oxygen atoms in total. The summed E-state index contributed by atoms with van der Waals surface area (Å²) in [5, 5.41) is 20.0. The van der Waals surface area contributed by atoms with E-state index < -0.39 is 10.6 Å². The SMILES string of the molecule is COc1cc(C#N)cc(Oc2nc(SC)nc(Cl)c2[N+](=O)[O-])c1. The molecule has 0 N–H and O–H groups in total. The third-order valence-corrected chi connectivity index (χ3v) is 3.42. The number of nitrogens with zero attached hydrogens (tertiary/aromatic N) is 4. The Morgan fingerprint density at radius 1 is 1.35 bits per heavy atom. The summed E-state index contributed by atoms with van der Waals surface area (Å²) < 4.78 is 10.5. The number of hydrogen-bond donors (Lipinski definition) is 0. The number of halogens is 1. The largest absolute Gasteiger partial charge is 0.497 e. The lowest BCUT2D eigenvalue weighted by molar-refractivity contribution is -0.386. The fourth-order valence-electron chi connectivity index (χ4n) is 1.63. The Bertz CT molecular complexity index is 809. The molecule has 0 aliphatic carbocycles. The Morgan fingerprint density at radius 3 is 2.61 bits per heavy atom. The van der Waals surface area contributed by atoms with Gasteiger partial charge in [0.1, 0.15) is 11.5 Å². The highest BCUT2D eigenvalue weighted by atomic mass is 35.5. The van der Waals surface area contributed by atoms with E-state index in [1.165, 1.54) is 25.3 Å². The normalized spacial score (nSPS) is 10.0. The summed E-state index contributed by atoms with van der Waals surface area (Å²) in [5.41, 5.74) is -0.280. The molecular weight excluding hydrogens is 344 g/mol. The number of aromatic nitrogens is 2. The number of nitriles is 1. The fraction of sp³-hybridized carbons (Fsp3) is 0.154. The first kappa shape index (κ1) is 16.8. The van der Waals surface area contributed by atoms with Crippen LogP contribution < -0.4 is 9.47 Å². The van der Waals surface area contributed by atoms with Gasteiger partial charge < -0.3 is 9.47 Å². The summed E-state index contributed by atoms with van der Waals surface area (Å²) in [7, 11) is 1.43. The van der Waals surface area contributed by atoms with E-state index in [9.17, 15) is 10.1 Å². The van der Waals surface area contributed by atoms with Crippen molar-refractivity contribution in [1.82, 2.24) is 9.97 Å². The number of ether oxygens (including phenoxy) is 2. The molecular formula is C13H9ClN4O4S. The van der Waals surface area contributed by atoms with E-state index >= 15 is 0 Å². The van der Waals surface area contributed by atoms with Gasteiger partial charge in [-0.3, -0.25) is 10.1 Å². The molecule has 0 amide bonds. The third-order valence-electron chi connectivity index (χ3n) is 2.61. The molecule has 0 atom stereocenters. The van der Waals surface area contributed by atoms with Crippen molar-refractivity contribution >= 4 is 29.1 Å².